The Morgan fingerprint density at radius 3 is 2.13 bits per heavy atom. The Kier molecular flexibility index (Phi) is 9.25. The molecule has 0 saturated heterocycles. The molecule has 2 aromatic rings. The number of ether oxygens (including phenoxy) is 1. The summed E-state index contributed by atoms with van der Waals surface area (Å²) in [5.41, 5.74) is 2.71. The monoisotopic (exact) mass is 424 g/mol. The summed E-state index contributed by atoms with van der Waals surface area (Å²) in [7, 11) is 0. The van der Waals surface area contributed by atoms with Crippen LogP contribution in [0.1, 0.15) is 51.2 Å². The largest absolute Gasteiger partial charge is 0.454 e. The minimum atomic E-state index is -0.821. The molecule has 0 spiro atoms. The van der Waals surface area contributed by atoms with E-state index in [-0.39, 0.29) is 18.2 Å². The fraction of sp³-hybridized carbons (Fsp3) is 0.400. The second-order valence-electron chi connectivity index (χ2n) is 8.04. The highest BCUT2D eigenvalue weighted by Crippen LogP contribution is 2.20. The second kappa shape index (κ2) is 11.9. The maximum atomic E-state index is 12.5. The number of anilines is 1. The highest BCUT2D eigenvalue weighted by molar-refractivity contribution is 5.93. The number of benzene rings is 2. The van der Waals surface area contributed by atoms with Crippen LogP contribution in [-0.4, -0.2) is 30.4 Å². The van der Waals surface area contributed by atoms with Crippen LogP contribution in [0.2, 0.25) is 0 Å². The molecule has 0 aliphatic carbocycles. The highest BCUT2D eigenvalue weighted by Gasteiger charge is 2.26. The molecule has 0 heterocycles. The molecule has 0 unspecified atom stereocenters. The number of esters is 1. The molecule has 0 aromatic heterocycles. The Balaban J connectivity index is 1.85. The van der Waals surface area contributed by atoms with Crippen molar-refractivity contribution in [3.8, 4) is 0 Å². The van der Waals surface area contributed by atoms with Gasteiger partial charge in [0.15, 0.2) is 6.61 Å². The van der Waals surface area contributed by atoms with Crippen LogP contribution in [0.4, 0.5) is 5.69 Å². The van der Waals surface area contributed by atoms with E-state index in [9.17, 15) is 14.4 Å². The Bertz CT molecular complexity index is 863. The van der Waals surface area contributed by atoms with Crippen LogP contribution in [0.25, 0.3) is 0 Å². The van der Waals surface area contributed by atoms with E-state index in [1.165, 1.54) is 5.56 Å². The molecule has 0 aliphatic rings. The molecular weight excluding hydrogens is 392 g/mol. The van der Waals surface area contributed by atoms with Gasteiger partial charge in [0.1, 0.15) is 6.04 Å². The molecule has 0 bridgehead atoms. The molecule has 0 fully saturated rings. The molecule has 0 radical (unpaired) electrons. The average molecular weight is 425 g/mol. The summed E-state index contributed by atoms with van der Waals surface area (Å²) in [6, 6.07) is 16.1. The lowest BCUT2D eigenvalue weighted by Crippen LogP contribution is -2.46. The van der Waals surface area contributed by atoms with Crippen molar-refractivity contribution in [3.63, 3.8) is 0 Å². The predicted molar refractivity (Wildman–Crippen MR) is 122 cm³/mol. The molecule has 0 saturated carbocycles. The summed E-state index contributed by atoms with van der Waals surface area (Å²) in [4.78, 5) is 36.9. The van der Waals surface area contributed by atoms with Crippen molar-refractivity contribution in [3.05, 3.63) is 65.7 Å². The quantitative estimate of drug-likeness (QED) is 0.563. The lowest BCUT2D eigenvalue weighted by Gasteiger charge is -2.21. The average Bonchev–Trinajstić information content (AvgIpc) is 2.76. The van der Waals surface area contributed by atoms with Crippen LogP contribution >= 0.6 is 0 Å². The van der Waals surface area contributed by atoms with Crippen LogP contribution in [0.5, 0.6) is 0 Å². The van der Waals surface area contributed by atoms with Gasteiger partial charge in [0.05, 0.1) is 6.42 Å². The molecule has 0 aliphatic heterocycles. The number of carbonyl (C=O) groups is 3. The summed E-state index contributed by atoms with van der Waals surface area (Å²) in [6.45, 7) is 7.49. The van der Waals surface area contributed by atoms with E-state index in [0.29, 0.717) is 11.6 Å². The van der Waals surface area contributed by atoms with Crippen LogP contribution in [0.15, 0.2) is 54.6 Å². The molecule has 2 aromatic carbocycles. The number of hydrogen-bond acceptors (Lipinski definition) is 4. The number of carbonyl (C=O) groups excluding carboxylic acids is 3. The number of hydrogen-bond donors (Lipinski definition) is 2. The van der Waals surface area contributed by atoms with Gasteiger partial charge in [-0.1, -0.05) is 70.2 Å². The van der Waals surface area contributed by atoms with E-state index in [0.717, 1.165) is 12.0 Å². The molecule has 166 valence electrons. The van der Waals surface area contributed by atoms with Gasteiger partial charge in [-0.25, -0.2) is 4.79 Å². The van der Waals surface area contributed by atoms with E-state index in [1.807, 2.05) is 68.4 Å². The van der Waals surface area contributed by atoms with Gasteiger partial charge in [-0.15, -0.1) is 0 Å². The standard InChI is InChI=1S/C25H32N2O4/c1-5-18(4)20-11-13-21(14-12-20)26-23(29)16-31-25(30)24(17(2)3)27-22(28)15-19-9-7-6-8-10-19/h6-14,17-18,24H,5,15-16H2,1-4H3,(H,26,29)(H,27,28)/t18-,24+/m1/s1. The first-order valence-electron chi connectivity index (χ1n) is 10.7. The third-order valence-corrected chi connectivity index (χ3v) is 5.17. The fourth-order valence-electron chi connectivity index (χ4n) is 3.06. The predicted octanol–water partition coefficient (Wildman–Crippen LogP) is 4.07. The van der Waals surface area contributed by atoms with E-state index < -0.39 is 24.5 Å². The zero-order valence-electron chi connectivity index (χ0n) is 18.7. The first kappa shape index (κ1) is 24.1. The summed E-state index contributed by atoms with van der Waals surface area (Å²) in [5, 5.41) is 5.43. The van der Waals surface area contributed by atoms with Gasteiger partial charge in [0, 0.05) is 5.69 Å². The number of amides is 2. The lowest BCUT2D eigenvalue weighted by atomic mass is 9.99. The van der Waals surface area contributed by atoms with Crippen LogP contribution in [0, 0.1) is 5.92 Å². The van der Waals surface area contributed by atoms with Gasteiger partial charge in [-0.2, -0.15) is 0 Å². The first-order chi connectivity index (χ1) is 14.8. The molecule has 31 heavy (non-hydrogen) atoms. The Hall–Kier alpha value is -3.15. The van der Waals surface area contributed by atoms with E-state index in [1.54, 1.807) is 0 Å². The van der Waals surface area contributed by atoms with Crippen molar-refractivity contribution in [2.45, 2.75) is 52.5 Å². The van der Waals surface area contributed by atoms with Crippen molar-refractivity contribution < 1.29 is 19.1 Å². The minimum absolute atomic E-state index is 0.171. The van der Waals surface area contributed by atoms with Crippen molar-refractivity contribution in [1.29, 1.82) is 0 Å². The number of nitrogens with one attached hydrogen (secondary N) is 2. The summed E-state index contributed by atoms with van der Waals surface area (Å²) < 4.78 is 5.16. The highest BCUT2D eigenvalue weighted by atomic mass is 16.5. The molecule has 6 nitrogen and oxygen atoms in total. The topological polar surface area (TPSA) is 84.5 Å². The van der Waals surface area contributed by atoms with Crippen LogP contribution in [0.3, 0.4) is 0 Å². The van der Waals surface area contributed by atoms with Crippen LogP contribution in [-0.2, 0) is 25.5 Å². The van der Waals surface area contributed by atoms with Gasteiger partial charge in [-0.3, -0.25) is 9.59 Å². The second-order valence-corrected chi connectivity index (χ2v) is 8.04. The molecule has 2 rings (SSSR count). The molecule has 2 atom stereocenters. The summed E-state index contributed by atoms with van der Waals surface area (Å²) in [5.74, 6) is -1.05. The minimum Gasteiger partial charge on any atom is -0.454 e. The molecule has 6 heteroatoms. The molecular formula is C25H32N2O4. The van der Waals surface area contributed by atoms with E-state index in [2.05, 4.69) is 24.5 Å². The van der Waals surface area contributed by atoms with Gasteiger partial charge in [-0.05, 0) is 41.5 Å². The van der Waals surface area contributed by atoms with Crippen LogP contribution < -0.4 is 10.6 Å². The third kappa shape index (κ3) is 7.89. The maximum absolute atomic E-state index is 12.5. The van der Waals surface area contributed by atoms with Crippen molar-refractivity contribution >= 4 is 23.5 Å². The van der Waals surface area contributed by atoms with Gasteiger partial charge in [0.2, 0.25) is 5.91 Å². The van der Waals surface area contributed by atoms with E-state index >= 15 is 0 Å². The zero-order chi connectivity index (χ0) is 22.8. The Morgan fingerprint density at radius 2 is 1.55 bits per heavy atom. The maximum Gasteiger partial charge on any atom is 0.329 e. The van der Waals surface area contributed by atoms with Gasteiger partial charge in [0.25, 0.3) is 5.91 Å². The third-order valence-electron chi connectivity index (χ3n) is 5.17. The lowest BCUT2D eigenvalue weighted by molar-refractivity contribution is -0.151. The summed E-state index contributed by atoms with van der Waals surface area (Å²) >= 11 is 0. The normalized spacial score (nSPS) is 12.7. The SMILES string of the molecule is CC[C@@H](C)c1ccc(NC(=O)COC(=O)[C@@H](NC(=O)Cc2ccccc2)C(C)C)cc1. The molecule has 2 N–H and O–H groups in total. The Labute approximate surface area is 184 Å². The smallest absolute Gasteiger partial charge is 0.329 e. The number of rotatable bonds is 10. The Morgan fingerprint density at radius 1 is 0.903 bits per heavy atom. The van der Waals surface area contributed by atoms with Gasteiger partial charge >= 0.3 is 5.97 Å². The zero-order valence-corrected chi connectivity index (χ0v) is 18.7. The van der Waals surface area contributed by atoms with Crippen molar-refractivity contribution in [1.82, 2.24) is 5.32 Å². The fourth-order valence-corrected chi connectivity index (χ4v) is 3.06. The van der Waals surface area contributed by atoms with Crippen molar-refractivity contribution in [2.24, 2.45) is 5.92 Å². The summed E-state index contributed by atoms with van der Waals surface area (Å²) in [6.07, 6.45) is 1.21. The van der Waals surface area contributed by atoms with Crippen molar-refractivity contribution in [2.75, 3.05) is 11.9 Å². The molecule has 2 amide bonds. The van der Waals surface area contributed by atoms with Gasteiger partial charge < -0.3 is 15.4 Å². The first-order valence-corrected chi connectivity index (χ1v) is 10.7. The van der Waals surface area contributed by atoms with E-state index in [4.69, 9.17) is 4.74 Å².